The van der Waals surface area contributed by atoms with Gasteiger partial charge in [0.25, 0.3) is 0 Å². The van der Waals surface area contributed by atoms with E-state index < -0.39 is 0 Å². The smallest absolute Gasteiger partial charge is 0.105 e. The summed E-state index contributed by atoms with van der Waals surface area (Å²) in [4.78, 5) is 2.82. The molecular formula is C21H40BNO. The van der Waals surface area contributed by atoms with Crippen LogP contribution >= 0.6 is 0 Å². The van der Waals surface area contributed by atoms with Gasteiger partial charge in [-0.3, -0.25) is 4.90 Å². The van der Waals surface area contributed by atoms with Gasteiger partial charge in [0.15, 0.2) is 0 Å². The van der Waals surface area contributed by atoms with E-state index in [1.54, 1.807) is 0 Å². The molecule has 1 saturated carbocycles. The predicted molar refractivity (Wildman–Crippen MR) is 105 cm³/mol. The Balaban J connectivity index is 1.97. The Hall–Kier alpha value is -0.0151. The summed E-state index contributed by atoms with van der Waals surface area (Å²) in [5.41, 5.74) is 0.834. The van der Waals surface area contributed by atoms with E-state index in [2.05, 4.69) is 47.4 Å². The van der Waals surface area contributed by atoms with Crippen LogP contribution in [-0.2, 0) is 4.74 Å². The molecule has 2 nitrogen and oxygen atoms in total. The van der Waals surface area contributed by atoms with Gasteiger partial charge in [-0.05, 0) is 56.4 Å². The SMILES string of the molecule is BC1CCCCC2C(CCN(C(C)C)C23COC3)C(C)(C(C)C)C1. The Kier molecular flexibility index (Phi) is 5.43. The quantitative estimate of drug-likeness (QED) is 0.704. The highest BCUT2D eigenvalue weighted by molar-refractivity contribution is 6.11. The third kappa shape index (κ3) is 2.98. The largest absolute Gasteiger partial charge is 0.377 e. The first kappa shape index (κ1) is 18.8. The van der Waals surface area contributed by atoms with Crippen LogP contribution in [-0.4, -0.2) is 44.1 Å². The lowest BCUT2D eigenvalue weighted by Crippen LogP contribution is -2.73. The molecule has 24 heavy (non-hydrogen) atoms. The third-order valence-corrected chi connectivity index (χ3v) is 8.17. The van der Waals surface area contributed by atoms with Crippen LogP contribution in [0.4, 0.5) is 0 Å². The minimum atomic E-state index is 0.348. The lowest BCUT2D eigenvalue weighted by atomic mass is 9.53. The molecule has 1 spiro atoms. The second kappa shape index (κ2) is 6.95. The first-order valence-corrected chi connectivity index (χ1v) is 10.7. The number of nitrogens with zero attached hydrogens (tertiary/aromatic N) is 1. The molecule has 0 N–H and O–H groups in total. The van der Waals surface area contributed by atoms with Gasteiger partial charge in [-0.1, -0.05) is 52.3 Å². The van der Waals surface area contributed by atoms with Gasteiger partial charge in [0.05, 0.1) is 18.8 Å². The number of ether oxygens (including phenoxy) is 1. The van der Waals surface area contributed by atoms with Crippen LogP contribution < -0.4 is 0 Å². The van der Waals surface area contributed by atoms with Crippen molar-refractivity contribution in [2.75, 3.05) is 19.8 Å². The van der Waals surface area contributed by atoms with Crippen LogP contribution in [0.1, 0.15) is 73.1 Å². The van der Waals surface area contributed by atoms with Crippen molar-refractivity contribution >= 4 is 7.85 Å². The van der Waals surface area contributed by atoms with Crippen molar-refractivity contribution in [3.05, 3.63) is 0 Å². The molecule has 0 radical (unpaired) electrons. The summed E-state index contributed by atoms with van der Waals surface area (Å²) < 4.78 is 5.86. The zero-order valence-electron chi connectivity index (χ0n) is 17.1. The molecule has 0 amide bonds. The van der Waals surface area contributed by atoms with E-state index >= 15 is 0 Å². The average molecular weight is 333 g/mol. The van der Waals surface area contributed by atoms with Gasteiger partial charge in [-0.2, -0.15) is 0 Å². The third-order valence-electron chi connectivity index (χ3n) is 8.17. The number of fused-ring (bicyclic) bond motifs is 2. The lowest BCUT2D eigenvalue weighted by molar-refractivity contribution is -0.222. The highest BCUT2D eigenvalue weighted by atomic mass is 16.5. The van der Waals surface area contributed by atoms with E-state index in [1.807, 2.05) is 0 Å². The zero-order chi connectivity index (χ0) is 17.5. The highest BCUT2D eigenvalue weighted by Gasteiger charge is 2.59. The minimum Gasteiger partial charge on any atom is -0.377 e. The van der Waals surface area contributed by atoms with Crippen LogP contribution in [0.2, 0.25) is 5.82 Å². The first-order valence-electron chi connectivity index (χ1n) is 10.7. The number of rotatable bonds is 2. The molecule has 4 unspecified atom stereocenters. The van der Waals surface area contributed by atoms with Crippen LogP contribution in [0.3, 0.4) is 0 Å². The summed E-state index contributed by atoms with van der Waals surface area (Å²) in [6.45, 7) is 15.6. The number of piperidine rings is 1. The average Bonchev–Trinajstić information content (AvgIpc) is 2.53. The fourth-order valence-electron chi connectivity index (χ4n) is 6.54. The summed E-state index contributed by atoms with van der Waals surface area (Å²) in [6, 6.07) is 0.645. The van der Waals surface area contributed by atoms with Gasteiger partial charge < -0.3 is 4.74 Å². The molecule has 0 aromatic heterocycles. The lowest BCUT2D eigenvalue weighted by Gasteiger charge is -2.64. The van der Waals surface area contributed by atoms with Crippen LogP contribution in [0.15, 0.2) is 0 Å². The van der Waals surface area contributed by atoms with Gasteiger partial charge in [0, 0.05) is 6.04 Å². The van der Waals surface area contributed by atoms with Crippen LogP contribution in [0, 0.1) is 23.2 Å². The minimum absolute atomic E-state index is 0.348. The Bertz CT molecular complexity index is 434. The number of hydrogen-bond donors (Lipinski definition) is 0. The monoisotopic (exact) mass is 333 g/mol. The Labute approximate surface area is 151 Å². The molecule has 0 aromatic carbocycles. The van der Waals surface area contributed by atoms with Crippen molar-refractivity contribution in [1.29, 1.82) is 0 Å². The van der Waals surface area contributed by atoms with E-state index in [4.69, 9.17) is 4.74 Å². The van der Waals surface area contributed by atoms with E-state index in [0.29, 0.717) is 17.0 Å². The topological polar surface area (TPSA) is 12.5 Å². The summed E-state index contributed by atoms with van der Waals surface area (Å²) in [7, 11) is 2.51. The molecule has 2 aliphatic heterocycles. The van der Waals surface area contributed by atoms with E-state index in [9.17, 15) is 0 Å². The summed E-state index contributed by atoms with van der Waals surface area (Å²) in [5.74, 6) is 3.36. The molecule has 4 atom stereocenters. The fraction of sp³-hybridized carbons (Fsp3) is 1.00. The van der Waals surface area contributed by atoms with Crippen molar-refractivity contribution in [2.45, 2.75) is 90.5 Å². The maximum atomic E-state index is 5.86. The zero-order valence-corrected chi connectivity index (χ0v) is 17.1. The van der Waals surface area contributed by atoms with Gasteiger partial charge in [0.1, 0.15) is 7.85 Å². The van der Waals surface area contributed by atoms with Crippen molar-refractivity contribution in [3.8, 4) is 0 Å². The number of likely N-dealkylation sites (tertiary alicyclic amines) is 1. The van der Waals surface area contributed by atoms with Crippen molar-refractivity contribution in [2.24, 2.45) is 23.2 Å². The van der Waals surface area contributed by atoms with Gasteiger partial charge in [0.2, 0.25) is 0 Å². The molecule has 1 aliphatic carbocycles. The molecule has 138 valence electrons. The molecule has 2 saturated heterocycles. The van der Waals surface area contributed by atoms with E-state index in [1.165, 1.54) is 45.1 Å². The maximum absolute atomic E-state index is 5.86. The van der Waals surface area contributed by atoms with Gasteiger partial charge >= 0.3 is 0 Å². The standard InChI is InChI=1S/C21H40BNO/c1-15(2)20(5)12-17(22)8-6-7-9-19-18(20)10-11-23(16(3)4)21(19)13-24-14-21/h15-19H,6-14,22H2,1-5H3. The van der Waals surface area contributed by atoms with Crippen LogP contribution in [0.5, 0.6) is 0 Å². The second-order valence-electron chi connectivity index (χ2n) is 10.1. The molecule has 3 fully saturated rings. The predicted octanol–water partition coefficient (Wildman–Crippen LogP) is 4.15. The Morgan fingerprint density at radius 1 is 1.00 bits per heavy atom. The Morgan fingerprint density at radius 3 is 2.21 bits per heavy atom. The summed E-state index contributed by atoms with van der Waals surface area (Å²) in [5, 5.41) is 0. The molecule has 2 heterocycles. The maximum Gasteiger partial charge on any atom is 0.105 e. The van der Waals surface area contributed by atoms with Crippen molar-refractivity contribution in [1.82, 2.24) is 4.90 Å². The van der Waals surface area contributed by atoms with Gasteiger partial charge in [-0.15, -0.1) is 0 Å². The number of hydrogen-bond acceptors (Lipinski definition) is 2. The molecule has 3 aliphatic rings. The van der Waals surface area contributed by atoms with Crippen molar-refractivity contribution in [3.63, 3.8) is 0 Å². The first-order chi connectivity index (χ1) is 11.3. The summed E-state index contributed by atoms with van der Waals surface area (Å²) in [6.07, 6.45) is 8.52. The Morgan fingerprint density at radius 2 is 1.67 bits per heavy atom. The molecule has 3 heteroatoms. The second-order valence-corrected chi connectivity index (χ2v) is 10.1. The molecule has 3 rings (SSSR count). The van der Waals surface area contributed by atoms with Gasteiger partial charge in [-0.25, -0.2) is 0 Å². The van der Waals surface area contributed by atoms with Crippen LogP contribution in [0.25, 0.3) is 0 Å². The fourth-order valence-corrected chi connectivity index (χ4v) is 6.54. The highest BCUT2D eigenvalue weighted by Crippen LogP contribution is 2.56. The normalized spacial score (nSPS) is 40.7. The van der Waals surface area contributed by atoms with E-state index in [0.717, 1.165) is 36.8 Å². The molecular weight excluding hydrogens is 293 g/mol. The van der Waals surface area contributed by atoms with E-state index in [-0.39, 0.29) is 0 Å². The van der Waals surface area contributed by atoms with Crippen molar-refractivity contribution < 1.29 is 4.74 Å². The molecule has 0 aromatic rings. The molecule has 0 bridgehead atoms. The summed E-state index contributed by atoms with van der Waals surface area (Å²) >= 11 is 0.